The number of anilines is 1. The van der Waals surface area contributed by atoms with Crippen molar-refractivity contribution in [1.29, 1.82) is 0 Å². The van der Waals surface area contributed by atoms with E-state index in [9.17, 15) is 13.2 Å². The molecule has 3 aromatic rings. The molecule has 0 radical (unpaired) electrons. The molecular weight excluding hydrogens is 392 g/mol. The first-order valence-electron chi connectivity index (χ1n) is 8.73. The van der Waals surface area contributed by atoms with E-state index in [0.717, 1.165) is 0 Å². The standard InChI is InChI=1S/C21H20N2O5S/c1-27-17-11-13-20(14-12-17)29(25,26)22-15-21(24)23-16-7-9-19(10-8-16)28-18-5-3-2-4-6-18/h2-14,22H,15H2,1H3,(H,23,24). The largest absolute Gasteiger partial charge is 0.497 e. The van der Waals surface area contributed by atoms with Gasteiger partial charge in [-0.1, -0.05) is 18.2 Å². The predicted molar refractivity (Wildman–Crippen MR) is 110 cm³/mol. The maximum absolute atomic E-state index is 12.3. The summed E-state index contributed by atoms with van der Waals surface area (Å²) in [5.74, 6) is 1.38. The van der Waals surface area contributed by atoms with Crippen LogP contribution in [0.25, 0.3) is 0 Å². The van der Waals surface area contributed by atoms with Crippen LogP contribution in [0.3, 0.4) is 0 Å². The zero-order valence-corrected chi connectivity index (χ0v) is 16.5. The van der Waals surface area contributed by atoms with Crippen molar-refractivity contribution in [1.82, 2.24) is 4.72 Å². The molecule has 29 heavy (non-hydrogen) atoms. The molecular formula is C21H20N2O5S. The Morgan fingerprint density at radius 2 is 1.41 bits per heavy atom. The number of nitrogens with one attached hydrogen (secondary N) is 2. The Kier molecular flexibility index (Phi) is 6.48. The number of amides is 1. The number of benzene rings is 3. The first-order chi connectivity index (χ1) is 14.0. The fourth-order valence-electron chi connectivity index (χ4n) is 2.43. The van der Waals surface area contributed by atoms with Crippen LogP contribution in [0.15, 0.2) is 83.8 Å². The molecule has 8 heteroatoms. The van der Waals surface area contributed by atoms with E-state index in [4.69, 9.17) is 9.47 Å². The van der Waals surface area contributed by atoms with Gasteiger partial charge in [-0.05, 0) is 60.7 Å². The molecule has 0 aliphatic carbocycles. The Morgan fingerprint density at radius 1 is 0.828 bits per heavy atom. The second kappa shape index (κ2) is 9.22. The lowest BCUT2D eigenvalue weighted by Crippen LogP contribution is -2.32. The predicted octanol–water partition coefficient (Wildman–Crippen LogP) is 3.40. The van der Waals surface area contributed by atoms with Gasteiger partial charge in [0.15, 0.2) is 0 Å². The van der Waals surface area contributed by atoms with Crippen LogP contribution < -0.4 is 19.5 Å². The van der Waals surface area contributed by atoms with Crippen LogP contribution in [0, 0.1) is 0 Å². The topological polar surface area (TPSA) is 93.7 Å². The second-order valence-electron chi connectivity index (χ2n) is 5.99. The summed E-state index contributed by atoms with van der Waals surface area (Å²) in [6.07, 6.45) is 0. The molecule has 0 aromatic heterocycles. The monoisotopic (exact) mass is 412 g/mol. The highest BCUT2D eigenvalue weighted by molar-refractivity contribution is 7.89. The van der Waals surface area contributed by atoms with Crippen LogP contribution in [0.1, 0.15) is 0 Å². The van der Waals surface area contributed by atoms with Gasteiger partial charge in [-0.15, -0.1) is 0 Å². The third-order valence-electron chi connectivity index (χ3n) is 3.91. The minimum absolute atomic E-state index is 0.0495. The highest BCUT2D eigenvalue weighted by atomic mass is 32.2. The molecule has 0 saturated carbocycles. The molecule has 2 N–H and O–H groups in total. The number of hydrogen-bond donors (Lipinski definition) is 2. The summed E-state index contributed by atoms with van der Waals surface area (Å²) in [7, 11) is -2.31. The van der Waals surface area contributed by atoms with Crippen molar-refractivity contribution in [2.75, 3.05) is 19.0 Å². The summed E-state index contributed by atoms with van der Waals surface area (Å²) in [6.45, 7) is -0.392. The van der Waals surface area contributed by atoms with Gasteiger partial charge in [0.25, 0.3) is 0 Å². The number of hydrogen-bond acceptors (Lipinski definition) is 5. The fraction of sp³-hybridized carbons (Fsp3) is 0.0952. The molecule has 150 valence electrons. The Hall–Kier alpha value is -3.36. The lowest BCUT2D eigenvalue weighted by Gasteiger charge is -2.09. The van der Waals surface area contributed by atoms with E-state index in [2.05, 4.69) is 10.0 Å². The molecule has 0 unspecified atom stereocenters. The first-order valence-corrected chi connectivity index (χ1v) is 10.2. The maximum Gasteiger partial charge on any atom is 0.241 e. The average molecular weight is 412 g/mol. The van der Waals surface area contributed by atoms with E-state index in [-0.39, 0.29) is 4.90 Å². The number of sulfonamides is 1. The van der Waals surface area contributed by atoms with Gasteiger partial charge >= 0.3 is 0 Å². The third-order valence-corrected chi connectivity index (χ3v) is 5.33. The molecule has 1 amide bonds. The van der Waals surface area contributed by atoms with Gasteiger partial charge in [0.1, 0.15) is 17.2 Å². The zero-order chi connectivity index (χ0) is 20.7. The Balaban J connectivity index is 1.53. The Morgan fingerprint density at radius 3 is 2.03 bits per heavy atom. The molecule has 3 aromatic carbocycles. The van der Waals surface area contributed by atoms with Crippen molar-refractivity contribution in [3.05, 3.63) is 78.9 Å². The lowest BCUT2D eigenvalue weighted by molar-refractivity contribution is -0.115. The second-order valence-corrected chi connectivity index (χ2v) is 7.75. The van der Waals surface area contributed by atoms with Gasteiger partial charge in [-0.25, -0.2) is 13.1 Å². The van der Waals surface area contributed by atoms with Crippen molar-refractivity contribution in [3.63, 3.8) is 0 Å². The quantitative estimate of drug-likeness (QED) is 0.591. The van der Waals surface area contributed by atoms with E-state index in [1.165, 1.54) is 31.4 Å². The normalized spacial score (nSPS) is 10.9. The van der Waals surface area contributed by atoms with Gasteiger partial charge in [0.05, 0.1) is 18.6 Å². The minimum Gasteiger partial charge on any atom is -0.497 e. The van der Waals surface area contributed by atoms with Crippen LogP contribution in [-0.4, -0.2) is 28.0 Å². The molecule has 0 spiro atoms. The van der Waals surface area contributed by atoms with Crippen molar-refractivity contribution in [3.8, 4) is 17.2 Å². The summed E-state index contributed by atoms with van der Waals surface area (Å²) < 4.78 is 37.5. The van der Waals surface area contributed by atoms with Gasteiger partial charge in [-0.2, -0.15) is 0 Å². The number of rotatable bonds is 8. The molecule has 0 heterocycles. The van der Waals surface area contributed by atoms with Crippen LogP contribution in [0.2, 0.25) is 0 Å². The number of carbonyl (C=O) groups is 1. The van der Waals surface area contributed by atoms with Crippen molar-refractivity contribution < 1.29 is 22.7 Å². The smallest absolute Gasteiger partial charge is 0.241 e. The van der Waals surface area contributed by atoms with E-state index < -0.39 is 22.5 Å². The molecule has 0 fully saturated rings. The van der Waals surface area contributed by atoms with Crippen LogP contribution in [0.5, 0.6) is 17.2 Å². The summed E-state index contributed by atoms with van der Waals surface area (Å²) in [5, 5.41) is 2.63. The number of ether oxygens (including phenoxy) is 2. The average Bonchev–Trinajstić information content (AvgIpc) is 2.74. The summed E-state index contributed by atoms with van der Waals surface area (Å²) in [4.78, 5) is 12.1. The highest BCUT2D eigenvalue weighted by Crippen LogP contribution is 2.22. The molecule has 0 atom stereocenters. The number of para-hydroxylation sites is 1. The van der Waals surface area contributed by atoms with Crippen LogP contribution >= 0.6 is 0 Å². The SMILES string of the molecule is COc1ccc(S(=O)(=O)NCC(=O)Nc2ccc(Oc3ccccc3)cc2)cc1. The van der Waals surface area contributed by atoms with Crippen LogP contribution in [-0.2, 0) is 14.8 Å². The van der Waals surface area contributed by atoms with E-state index >= 15 is 0 Å². The van der Waals surface area contributed by atoms with Crippen LogP contribution in [0.4, 0.5) is 5.69 Å². The summed E-state index contributed by atoms with van der Waals surface area (Å²) >= 11 is 0. The van der Waals surface area contributed by atoms with E-state index in [0.29, 0.717) is 22.9 Å². The molecule has 0 aliphatic rings. The van der Waals surface area contributed by atoms with Gasteiger partial charge in [-0.3, -0.25) is 4.79 Å². The van der Waals surface area contributed by atoms with Gasteiger partial charge < -0.3 is 14.8 Å². The zero-order valence-electron chi connectivity index (χ0n) is 15.7. The van der Waals surface area contributed by atoms with Gasteiger partial charge in [0, 0.05) is 5.69 Å². The Labute approximate surface area is 169 Å². The summed E-state index contributed by atoms with van der Waals surface area (Å²) in [5.41, 5.74) is 0.527. The van der Waals surface area contributed by atoms with E-state index in [1.54, 1.807) is 24.3 Å². The lowest BCUT2D eigenvalue weighted by atomic mass is 10.3. The molecule has 0 saturated heterocycles. The van der Waals surface area contributed by atoms with Crippen molar-refractivity contribution >= 4 is 21.6 Å². The minimum atomic E-state index is -3.80. The first kappa shape index (κ1) is 20.4. The van der Waals surface area contributed by atoms with Gasteiger partial charge in [0.2, 0.25) is 15.9 Å². The Bertz CT molecular complexity index is 1050. The summed E-state index contributed by atoms with van der Waals surface area (Å²) in [6, 6.07) is 22.0. The van der Waals surface area contributed by atoms with Crippen molar-refractivity contribution in [2.24, 2.45) is 0 Å². The maximum atomic E-state index is 12.3. The van der Waals surface area contributed by atoms with Crippen molar-refractivity contribution in [2.45, 2.75) is 4.90 Å². The highest BCUT2D eigenvalue weighted by Gasteiger charge is 2.15. The van der Waals surface area contributed by atoms with E-state index in [1.807, 2.05) is 30.3 Å². The molecule has 0 aliphatic heterocycles. The number of carbonyl (C=O) groups excluding carboxylic acids is 1. The number of methoxy groups -OCH3 is 1. The third kappa shape index (κ3) is 5.81. The fourth-order valence-corrected chi connectivity index (χ4v) is 3.42. The molecule has 7 nitrogen and oxygen atoms in total. The molecule has 3 rings (SSSR count). The molecule has 0 bridgehead atoms.